The van der Waals surface area contributed by atoms with Crippen molar-refractivity contribution in [2.75, 3.05) is 5.32 Å². The van der Waals surface area contributed by atoms with Gasteiger partial charge in [0.1, 0.15) is 0 Å². The highest BCUT2D eigenvalue weighted by Crippen LogP contribution is 2.24. The summed E-state index contributed by atoms with van der Waals surface area (Å²) in [4.78, 5) is 17.6. The first-order chi connectivity index (χ1) is 12.6. The van der Waals surface area contributed by atoms with Crippen LogP contribution >= 0.6 is 11.3 Å². The van der Waals surface area contributed by atoms with Gasteiger partial charge in [-0.05, 0) is 12.1 Å². The van der Waals surface area contributed by atoms with Crippen LogP contribution in [0, 0.1) is 11.6 Å². The number of hydrogen-bond acceptors (Lipinski definition) is 3. The van der Waals surface area contributed by atoms with Crippen molar-refractivity contribution >= 4 is 27.9 Å². The van der Waals surface area contributed by atoms with Crippen LogP contribution in [0.5, 0.6) is 0 Å². The Kier molecular flexibility index (Phi) is 4.22. The summed E-state index contributed by atoms with van der Waals surface area (Å²) < 4.78 is 28.1. The monoisotopic (exact) mass is 369 g/mol. The number of hydrogen-bond donors (Lipinski definition) is 1. The first kappa shape index (κ1) is 16.4. The highest BCUT2D eigenvalue weighted by molar-refractivity contribution is 7.15. The highest BCUT2D eigenvalue weighted by Gasteiger charge is 2.13. The van der Waals surface area contributed by atoms with E-state index in [0.29, 0.717) is 0 Å². The Morgan fingerprint density at radius 1 is 1.12 bits per heavy atom. The van der Waals surface area contributed by atoms with E-state index in [-0.39, 0.29) is 18.0 Å². The van der Waals surface area contributed by atoms with E-state index >= 15 is 0 Å². The van der Waals surface area contributed by atoms with Crippen LogP contribution in [0.2, 0.25) is 0 Å². The molecule has 0 aliphatic rings. The van der Waals surface area contributed by atoms with E-state index in [2.05, 4.69) is 10.3 Å². The second-order valence-electron chi connectivity index (χ2n) is 5.73. The van der Waals surface area contributed by atoms with Crippen LogP contribution in [-0.4, -0.2) is 15.3 Å². The number of halogens is 2. The molecule has 0 aliphatic heterocycles. The zero-order valence-corrected chi connectivity index (χ0v) is 14.3. The zero-order chi connectivity index (χ0) is 18.1. The fourth-order valence-corrected chi connectivity index (χ4v) is 3.52. The molecule has 26 heavy (non-hydrogen) atoms. The molecule has 0 saturated heterocycles. The second kappa shape index (κ2) is 6.68. The van der Waals surface area contributed by atoms with Gasteiger partial charge in [-0.1, -0.05) is 30.3 Å². The molecule has 0 atom stereocenters. The maximum absolute atomic E-state index is 13.2. The van der Waals surface area contributed by atoms with Crippen LogP contribution < -0.4 is 5.32 Å². The lowest BCUT2D eigenvalue weighted by molar-refractivity contribution is -0.115. The number of carbonyl (C=O) groups is 1. The van der Waals surface area contributed by atoms with Crippen molar-refractivity contribution in [2.24, 2.45) is 0 Å². The number of rotatable bonds is 4. The predicted molar refractivity (Wildman–Crippen MR) is 97.2 cm³/mol. The fourth-order valence-electron chi connectivity index (χ4n) is 2.65. The maximum Gasteiger partial charge on any atom is 0.230 e. The molecule has 0 unspecified atom stereocenters. The van der Waals surface area contributed by atoms with E-state index in [1.807, 2.05) is 46.3 Å². The summed E-state index contributed by atoms with van der Waals surface area (Å²) in [5, 5.41) is 4.44. The number of aromatic nitrogens is 2. The van der Waals surface area contributed by atoms with E-state index in [9.17, 15) is 13.6 Å². The molecule has 0 aliphatic carbocycles. The average molecular weight is 369 g/mol. The minimum absolute atomic E-state index is 0.101. The number of benzene rings is 2. The third-order valence-electron chi connectivity index (χ3n) is 3.90. The number of carbonyl (C=O) groups excluding carboxylic acids is 1. The standard InChI is InChI=1S/C19H13F2N3OS/c20-15-7-6-13(8-16(15)21)22-18(25)9-14-11-26-19-23-17(10-24(14)19)12-4-2-1-3-5-12/h1-8,10-11H,9H2,(H,22,25). The van der Waals surface area contributed by atoms with Gasteiger partial charge in [-0.2, -0.15) is 0 Å². The predicted octanol–water partition coefficient (Wildman–Crippen LogP) is 4.52. The van der Waals surface area contributed by atoms with Crippen molar-refractivity contribution in [1.82, 2.24) is 9.38 Å². The molecule has 2 aromatic carbocycles. The van der Waals surface area contributed by atoms with Gasteiger partial charge in [-0.15, -0.1) is 11.3 Å². The van der Waals surface area contributed by atoms with Gasteiger partial charge in [0.15, 0.2) is 16.6 Å². The van der Waals surface area contributed by atoms with E-state index in [0.717, 1.165) is 34.0 Å². The number of fused-ring (bicyclic) bond motifs is 1. The molecule has 130 valence electrons. The largest absolute Gasteiger partial charge is 0.326 e. The lowest BCUT2D eigenvalue weighted by atomic mass is 10.2. The molecular weight excluding hydrogens is 356 g/mol. The first-order valence-electron chi connectivity index (χ1n) is 7.86. The van der Waals surface area contributed by atoms with Gasteiger partial charge in [0.2, 0.25) is 5.91 Å². The Morgan fingerprint density at radius 3 is 2.69 bits per heavy atom. The lowest BCUT2D eigenvalue weighted by Crippen LogP contribution is -2.15. The van der Waals surface area contributed by atoms with Gasteiger partial charge in [0.05, 0.1) is 12.1 Å². The van der Waals surface area contributed by atoms with Gasteiger partial charge >= 0.3 is 0 Å². The topological polar surface area (TPSA) is 46.4 Å². The normalized spacial score (nSPS) is 11.0. The molecule has 0 fully saturated rings. The third-order valence-corrected chi connectivity index (χ3v) is 4.79. The molecule has 0 radical (unpaired) electrons. The average Bonchev–Trinajstić information content (AvgIpc) is 3.21. The minimum atomic E-state index is -0.997. The Morgan fingerprint density at radius 2 is 1.92 bits per heavy atom. The molecule has 0 spiro atoms. The zero-order valence-electron chi connectivity index (χ0n) is 13.4. The molecule has 1 N–H and O–H groups in total. The number of anilines is 1. The molecule has 2 heterocycles. The summed E-state index contributed by atoms with van der Waals surface area (Å²) in [6.45, 7) is 0. The highest BCUT2D eigenvalue weighted by atomic mass is 32.1. The quantitative estimate of drug-likeness (QED) is 0.575. The smallest absolute Gasteiger partial charge is 0.230 e. The molecule has 0 bridgehead atoms. The molecule has 0 saturated carbocycles. The van der Waals surface area contributed by atoms with Gasteiger partial charge in [0, 0.05) is 34.6 Å². The number of nitrogens with one attached hydrogen (secondary N) is 1. The first-order valence-corrected chi connectivity index (χ1v) is 8.74. The van der Waals surface area contributed by atoms with Gasteiger partial charge in [-0.25, -0.2) is 13.8 Å². The van der Waals surface area contributed by atoms with Crippen LogP contribution in [0.15, 0.2) is 60.1 Å². The number of thiazole rings is 1. The molecule has 7 heteroatoms. The molecule has 2 aromatic heterocycles. The molecule has 4 nitrogen and oxygen atoms in total. The SMILES string of the molecule is O=C(Cc1csc2nc(-c3ccccc3)cn12)Nc1ccc(F)c(F)c1. The van der Waals surface area contributed by atoms with E-state index in [4.69, 9.17) is 0 Å². The summed E-state index contributed by atoms with van der Waals surface area (Å²) in [5.41, 5.74) is 2.83. The van der Waals surface area contributed by atoms with Crippen molar-refractivity contribution in [1.29, 1.82) is 0 Å². The van der Waals surface area contributed by atoms with Crippen molar-refractivity contribution in [3.05, 3.63) is 77.4 Å². The number of amides is 1. The number of nitrogens with zero attached hydrogens (tertiary/aromatic N) is 2. The van der Waals surface area contributed by atoms with Gasteiger partial charge in [-0.3, -0.25) is 9.20 Å². The summed E-state index contributed by atoms with van der Waals surface area (Å²) in [6, 6.07) is 13.0. The molecule has 4 rings (SSSR count). The fraction of sp³-hybridized carbons (Fsp3) is 0.0526. The van der Waals surface area contributed by atoms with Gasteiger partial charge in [0.25, 0.3) is 0 Å². The summed E-state index contributed by atoms with van der Waals surface area (Å²) in [5.74, 6) is -2.26. The van der Waals surface area contributed by atoms with Crippen LogP contribution in [0.3, 0.4) is 0 Å². The van der Waals surface area contributed by atoms with Crippen molar-refractivity contribution in [3.63, 3.8) is 0 Å². The van der Waals surface area contributed by atoms with Crippen molar-refractivity contribution < 1.29 is 13.6 Å². The minimum Gasteiger partial charge on any atom is -0.326 e. The number of imidazole rings is 1. The Labute approximate surface area is 151 Å². The summed E-state index contributed by atoms with van der Waals surface area (Å²) >= 11 is 1.44. The Bertz CT molecular complexity index is 1090. The summed E-state index contributed by atoms with van der Waals surface area (Å²) in [6.07, 6.45) is 1.99. The second-order valence-corrected chi connectivity index (χ2v) is 6.56. The van der Waals surface area contributed by atoms with E-state index in [1.165, 1.54) is 17.4 Å². The molecule has 4 aromatic rings. The Hall–Kier alpha value is -3.06. The summed E-state index contributed by atoms with van der Waals surface area (Å²) in [7, 11) is 0. The van der Waals surface area contributed by atoms with Crippen LogP contribution in [0.25, 0.3) is 16.2 Å². The molecule has 1 amide bonds. The van der Waals surface area contributed by atoms with Gasteiger partial charge < -0.3 is 5.32 Å². The van der Waals surface area contributed by atoms with Crippen LogP contribution in [-0.2, 0) is 11.2 Å². The van der Waals surface area contributed by atoms with Crippen molar-refractivity contribution in [2.45, 2.75) is 6.42 Å². The van der Waals surface area contributed by atoms with E-state index in [1.54, 1.807) is 0 Å². The third kappa shape index (κ3) is 3.21. The van der Waals surface area contributed by atoms with Crippen LogP contribution in [0.1, 0.15) is 5.69 Å². The van der Waals surface area contributed by atoms with Crippen LogP contribution in [0.4, 0.5) is 14.5 Å². The molecular formula is C19H13F2N3OS. The maximum atomic E-state index is 13.2. The lowest BCUT2D eigenvalue weighted by Gasteiger charge is -2.05. The Balaban J connectivity index is 1.54. The van der Waals surface area contributed by atoms with Crippen molar-refractivity contribution in [3.8, 4) is 11.3 Å². The van der Waals surface area contributed by atoms with E-state index < -0.39 is 11.6 Å².